The Balaban J connectivity index is 1.77. The number of fused-ring (bicyclic) bond motifs is 1. The monoisotopic (exact) mass is 294 g/mol. The number of nitrogens with one attached hydrogen (secondary N) is 2. The van der Waals surface area contributed by atoms with Crippen molar-refractivity contribution < 1.29 is 0 Å². The first-order valence-electron chi connectivity index (χ1n) is 7.83. The number of aliphatic imine (C=N–C) groups is 1. The van der Waals surface area contributed by atoms with E-state index in [9.17, 15) is 0 Å². The summed E-state index contributed by atoms with van der Waals surface area (Å²) in [7, 11) is 0. The fourth-order valence-corrected chi connectivity index (χ4v) is 3.64. The molecule has 0 spiro atoms. The minimum absolute atomic E-state index is 0.861. The van der Waals surface area contributed by atoms with Crippen LogP contribution in [0.4, 0.5) is 0 Å². The Hall–Kier alpha value is -1.10. The number of nitrogens with zero attached hydrogens (tertiary/aromatic N) is 2. The first-order chi connectivity index (χ1) is 9.83. The summed E-state index contributed by atoms with van der Waals surface area (Å²) in [5.41, 5.74) is 1.38. The number of aromatic nitrogens is 1. The summed E-state index contributed by atoms with van der Waals surface area (Å²) in [6.45, 7) is 6.86. The maximum atomic E-state index is 4.78. The molecule has 4 nitrogen and oxygen atoms in total. The van der Waals surface area contributed by atoms with E-state index >= 15 is 0 Å². The number of aryl methyl sites for hydroxylation is 3. The van der Waals surface area contributed by atoms with Crippen LogP contribution in [0.5, 0.6) is 0 Å². The number of hydrogen-bond donors (Lipinski definition) is 2. The van der Waals surface area contributed by atoms with E-state index in [0.717, 1.165) is 38.4 Å². The molecular weight excluding hydrogens is 268 g/mol. The fourth-order valence-electron chi connectivity index (χ4n) is 2.44. The van der Waals surface area contributed by atoms with Gasteiger partial charge in [-0.15, -0.1) is 11.3 Å². The summed E-state index contributed by atoms with van der Waals surface area (Å²) in [5.74, 6) is 0.924. The van der Waals surface area contributed by atoms with Crippen molar-refractivity contribution >= 4 is 17.3 Å². The molecule has 5 heteroatoms. The third kappa shape index (κ3) is 4.47. The Labute approximate surface area is 126 Å². The van der Waals surface area contributed by atoms with E-state index in [1.165, 1.54) is 41.3 Å². The maximum absolute atomic E-state index is 4.78. The van der Waals surface area contributed by atoms with E-state index in [4.69, 9.17) is 4.98 Å². The Kier molecular flexibility index (Phi) is 6.30. The van der Waals surface area contributed by atoms with Crippen LogP contribution < -0.4 is 10.6 Å². The quantitative estimate of drug-likeness (QED) is 0.481. The molecule has 0 saturated heterocycles. The van der Waals surface area contributed by atoms with E-state index in [0.29, 0.717) is 0 Å². The van der Waals surface area contributed by atoms with Crippen LogP contribution in [0.15, 0.2) is 4.99 Å². The molecule has 0 radical (unpaired) electrons. The third-order valence-corrected chi connectivity index (χ3v) is 4.61. The molecule has 0 unspecified atom stereocenters. The highest BCUT2D eigenvalue weighted by molar-refractivity contribution is 7.11. The van der Waals surface area contributed by atoms with Gasteiger partial charge in [0, 0.05) is 30.9 Å². The maximum Gasteiger partial charge on any atom is 0.191 e. The van der Waals surface area contributed by atoms with Gasteiger partial charge in [-0.05, 0) is 46.0 Å². The second-order valence-electron chi connectivity index (χ2n) is 5.08. The lowest BCUT2D eigenvalue weighted by Crippen LogP contribution is -2.37. The Morgan fingerprint density at radius 3 is 2.65 bits per heavy atom. The van der Waals surface area contributed by atoms with Gasteiger partial charge < -0.3 is 10.6 Å². The Morgan fingerprint density at radius 2 is 1.95 bits per heavy atom. The molecule has 2 rings (SSSR count). The Bertz CT molecular complexity index is 408. The first kappa shape index (κ1) is 15.3. The van der Waals surface area contributed by atoms with E-state index < -0.39 is 0 Å². The summed E-state index contributed by atoms with van der Waals surface area (Å²) >= 11 is 1.92. The number of hydrogen-bond acceptors (Lipinski definition) is 3. The van der Waals surface area contributed by atoms with Gasteiger partial charge in [-0.2, -0.15) is 0 Å². The minimum Gasteiger partial charge on any atom is -0.357 e. The molecule has 1 aliphatic rings. The number of guanidine groups is 1. The lowest BCUT2D eigenvalue weighted by molar-refractivity contribution is 0.679. The van der Waals surface area contributed by atoms with Gasteiger partial charge >= 0.3 is 0 Å². The van der Waals surface area contributed by atoms with Crippen LogP contribution in [-0.2, 0) is 19.3 Å². The number of thiazole rings is 1. The summed E-state index contributed by atoms with van der Waals surface area (Å²) in [4.78, 5) is 10.9. The molecule has 20 heavy (non-hydrogen) atoms. The van der Waals surface area contributed by atoms with Gasteiger partial charge in [-0.1, -0.05) is 0 Å². The second-order valence-corrected chi connectivity index (χ2v) is 6.25. The molecule has 1 aromatic heterocycles. The molecule has 1 aliphatic carbocycles. The lowest BCUT2D eigenvalue weighted by Gasteiger charge is -2.08. The van der Waals surface area contributed by atoms with Crippen LogP contribution in [0.1, 0.15) is 48.7 Å². The molecule has 0 amide bonds. The second kappa shape index (κ2) is 8.25. The molecule has 0 aromatic carbocycles. The molecule has 0 fully saturated rings. The smallest absolute Gasteiger partial charge is 0.191 e. The van der Waals surface area contributed by atoms with Crippen molar-refractivity contribution in [2.45, 2.75) is 52.4 Å². The third-order valence-electron chi connectivity index (χ3n) is 3.40. The minimum atomic E-state index is 0.861. The predicted octanol–water partition coefficient (Wildman–Crippen LogP) is 2.53. The average molecular weight is 294 g/mol. The van der Waals surface area contributed by atoms with Crippen LogP contribution in [0.2, 0.25) is 0 Å². The van der Waals surface area contributed by atoms with Crippen molar-refractivity contribution in [3.05, 3.63) is 15.6 Å². The van der Waals surface area contributed by atoms with Crippen molar-refractivity contribution in [3.63, 3.8) is 0 Å². The highest BCUT2D eigenvalue weighted by Crippen LogP contribution is 2.27. The predicted molar refractivity (Wildman–Crippen MR) is 86.7 cm³/mol. The lowest BCUT2D eigenvalue weighted by atomic mass is 10.0. The van der Waals surface area contributed by atoms with Gasteiger partial charge in [0.05, 0.1) is 10.7 Å². The van der Waals surface area contributed by atoms with Crippen LogP contribution in [0.3, 0.4) is 0 Å². The molecular formula is C15H26N4S. The topological polar surface area (TPSA) is 49.3 Å². The van der Waals surface area contributed by atoms with Crippen molar-refractivity contribution in [2.24, 2.45) is 4.99 Å². The normalized spacial score (nSPS) is 13.7. The van der Waals surface area contributed by atoms with Crippen LogP contribution in [-0.4, -0.2) is 30.6 Å². The molecule has 1 heterocycles. The zero-order valence-electron chi connectivity index (χ0n) is 12.7. The number of rotatable bonds is 6. The highest BCUT2D eigenvalue weighted by atomic mass is 32.1. The zero-order valence-corrected chi connectivity index (χ0v) is 13.5. The van der Waals surface area contributed by atoms with Crippen LogP contribution >= 0.6 is 11.3 Å². The average Bonchev–Trinajstić information content (AvgIpc) is 2.86. The van der Waals surface area contributed by atoms with Gasteiger partial charge in [0.2, 0.25) is 0 Å². The molecule has 0 saturated carbocycles. The zero-order chi connectivity index (χ0) is 14.2. The Morgan fingerprint density at radius 1 is 1.20 bits per heavy atom. The first-order valence-corrected chi connectivity index (χ1v) is 8.64. The van der Waals surface area contributed by atoms with Crippen molar-refractivity contribution in [1.82, 2.24) is 15.6 Å². The fraction of sp³-hybridized carbons (Fsp3) is 0.733. The van der Waals surface area contributed by atoms with Crippen molar-refractivity contribution in [3.8, 4) is 0 Å². The standard InChI is InChI=1S/C15H26N4S/c1-3-16-15(17-4-2)18-11-7-10-14-19-12-8-5-6-9-13(12)20-14/h3-11H2,1-2H3,(H2,16,17,18). The van der Waals surface area contributed by atoms with Crippen molar-refractivity contribution in [1.29, 1.82) is 0 Å². The summed E-state index contributed by atoms with van der Waals surface area (Å²) in [6, 6.07) is 0. The molecule has 0 aliphatic heterocycles. The van der Waals surface area contributed by atoms with E-state index in [-0.39, 0.29) is 0 Å². The van der Waals surface area contributed by atoms with Gasteiger partial charge in [-0.3, -0.25) is 4.99 Å². The molecule has 1 aromatic rings. The van der Waals surface area contributed by atoms with Crippen LogP contribution in [0.25, 0.3) is 0 Å². The largest absolute Gasteiger partial charge is 0.357 e. The summed E-state index contributed by atoms with van der Waals surface area (Å²) in [5, 5.41) is 7.80. The van der Waals surface area contributed by atoms with Gasteiger partial charge in [0.15, 0.2) is 5.96 Å². The van der Waals surface area contributed by atoms with E-state index in [1.807, 2.05) is 11.3 Å². The molecule has 2 N–H and O–H groups in total. The van der Waals surface area contributed by atoms with Gasteiger partial charge in [0.25, 0.3) is 0 Å². The van der Waals surface area contributed by atoms with E-state index in [1.54, 1.807) is 0 Å². The van der Waals surface area contributed by atoms with Crippen molar-refractivity contribution in [2.75, 3.05) is 19.6 Å². The summed E-state index contributed by atoms with van der Waals surface area (Å²) < 4.78 is 0. The molecule has 112 valence electrons. The molecule has 0 bridgehead atoms. The summed E-state index contributed by atoms with van der Waals surface area (Å²) in [6.07, 6.45) is 7.23. The SMILES string of the molecule is CCNC(=NCCCc1nc2c(s1)CCCC2)NCC. The van der Waals surface area contributed by atoms with Gasteiger partial charge in [0.1, 0.15) is 0 Å². The van der Waals surface area contributed by atoms with Gasteiger partial charge in [-0.25, -0.2) is 4.98 Å². The molecule has 0 atom stereocenters. The van der Waals surface area contributed by atoms with Crippen LogP contribution in [0, 0.1) is 0 Å². The highest BCUT2D eigenvalue weighted by Gasteiger charge is 2.14. The van der Waals surface area contributed by atoms with E-state index in [2.05, 4.69) is 29.5 Å².